The normalized spacial score (nSPS) is 14.1. The lowest BCUT2D eigenvalue weighted by atomic mass is 9.89. The number of hydrogen-bond acceptors (Lipinski definition) is 2. The number of hydrogen-bond donors (Lipinski definition) is 2. The van der Waals surface area contributed by atoms with Crippen LogP contribution in [0.4, 0.5) is 0 Å². The van der Waals surface area contributed by atoms with E-state index >= 15 is 0 Å². The molecule has 2 rings (SSSR count). The molecule has 0 amide bonds. The third-order valence-electron chi connectivity index (χ3n) is 3.13. The van der Waals surface area contributed by atoms with Gasteiger partial charge in [0.15, 0.2) is 0 Å². The van der Waals surface area contributed by atoms with Crippen molar-refractivity contribution < 1.29 is 5.11 Å². The van der Waals surface area contributed by atoms with E-state index in [0.717, 1.165) is 15.6 Å². The first-order valence-electron chi connectivity index (χ1n) is 6.01. The number of rotatable bonds is 4. The molecule has 2 nitrogen and oxygen atoms in total. The van der Waals surface area contributed by atoms with Crippen LogP contribution in [0.15, 0.2) is 53.0 Å². The number of benzene rings is 2. The Morgan fingerprint density at radius 3 is 2.53 bits per heavy atom. The summed E-state index contributed by atoms with van der Waals surface area (Å²) in [5.74, 6) is -0.219. The predicted molar refractivity (Wildman–Crippen MR) is 82.3 cm³/mol. The lowest BCUT2D eigenvalue weighted by molar-refractivity contribution is 0.147. The molecule has 19 heavy (non-hydrogen) atoms. The Kier molecular flexibility index (Phi) is 4.99. The molecule has 0 aliphatic heterocycles. The molecule has 0 saturated heterocycles. The molecule has 2 aromatic rings. The highest BCUT2D eigenvalue weighted by Gasteiger charge is 2.23. The van der Waals surface area contributed by atoms with Crippen LogP contribution < -0.4 is 5.73 Å². The van der Waals surface area contributed by atoms with Crippen molar-refractivity contribution in [2.24, 2.45) is 5.73 Å². The Hall–Kier alpha value is -0.870. The van der Waals surface area contributed by atoms with Crippen LogP contribution in [0.2, 0.25) is 5.02 Å². The Morgan fingerprint density at radius 1 is 1.16 bits per heavy atom. The van der Waals surface area contributed by atoms with Crippen LogP contribution in [0.1, 0.15) is 23.1 Å². The van der Waals surface area contributed by atoms with Crippen LogP contribution in [-0.2, 0) is 0 Å². The fourth-order valence-corrected chi connectivity index (χ4v) is 2.82. The van der Waals surface area contributed by atoms with E-state index in [2.05, 4.69) is 15.9 Å². The number of halogens is 2. The van der Waals surface area contributed by atoms with Crippen LogP contribution in [-0.4, -0.2) is 11.7 Å². The van der Waals surface area contributed by atoms with Crippen LogP contribution in [0.25, 0.3) is 0 Å². The van der Waals surface area contributed by atoms with Crippen LogP contribution >= 0.6 is 27.5 Å². The second-order valence-electron chi connectivity index (χ2n) is 4.36. The van der Waals surface area contributed by atoms with E-state index < -0.39 is 6.10 Å². The molecule has 0 bridgehead atoms. The Balaban J connectivity index is 2.35. The van der Waals surface area contributed by atoms with E-state index in [1.807, 2.05) is 48.5 Å². The van der Waals surface area contributed by atoms with E-state index in [4.69, 9.17) is 17.3 Å². The largest absolute Gasteiger partial charge is 0.388 e. The maximum absolute atomic E-state index is 10.5. The van der Waals surface area contributed by atoms with Crippen molar-refractivity contribution in [2.45, 2.75) is 12.0 Å². The summed E-state index contributed by atoms with van der Waals surface area (Å²) in [5, 5.41) is 11.2. The third-order valence-corrected chi connectivity index (χ3v) is 3.97. The average Bonchev–Trinajstić information content (AvgIpc) is 2.41. The van der Waals surface area contributed by atoms with Crippen molar-refractivity contribution in [1.29, 1.82) is 0 Å². The molecule has 0 fully saturated rings. The van der Waals surface area contributed by atoms with Gasteiger partial charge in [-0.15, -0.1) is 0 Å². The lowest BCUT2D eigenvalue weighted by Crippen LogP contribution is -2.20. The minimum Gasteiger partial charge on any atom is -0.388 e. The Labute approximate surface area is 126 Å². The van der Waals surface area contributed by atoms with Gasteiger partial charge in [-0.05, 0) is 29.3 Å². The summed E-state index contributed by atoms with van der Waals surface area (Å²) in [6, 6.07) is 15.1. The Morgan fingerprint density at radius 2 is 1.89 bits per heavy atom. The minimum atomic E-state index is -0.678. The van der Waals surface area contributed by atoms with Gasteiger partial charge < -0.3 is 10.8 Å². The maximum Gasteiger partial charge on any atom is 0.0871 e. The highest BCUT2D eigenvalue weighted by molar-refractivity contribution is 9.10. The first-order chi connectivity index (χ1) is 9.13. The van der Waals surface area contributed by atoms with Gasteiger partial charge in [0.1, 0.15) is 0 Å². The summed E-state index contributed by atoms with van der Waals surface area (Å²) in [6.07, 6.45) is -0.678. The zero-order valence-corrected chi connectivity index (χ0v) is 12.6. The topological polar surface area (TPSA) is 46.2 Å². The SMILES string of the molecule is NCC(c1ccccc1Cl)C(O)c1cccc(Br)c1. The minimum absolute atomic E-state index is 0.219. The van der Waals surface area contributed by atoms with Crippen molar-refractivity contribution >= 4 is 27.5 Å². The molecular formula is C15H15BrClNO. The number of aliphatic hydroxyl groups is 1. The molecule has 2 aromatic carbocycles. The summed E-state index contributed by atoms with van der Waals surface area (Å²) in [7, 11) is 0. The van der Waals surface area contributed by atoms with Gasteiger partial charge in [0.25, 0.3) is 0 Å². The van der Waals surface area contributed by atoms with Crippen molar-refractivity contribution in [3.63, 3.8) is 0 Å². The predicted octanol–water partition coefficient (Wildman–Crippen LogP) is 3.88. The van der Waals surface area contributed by atoms with Gasteiger partial charge in [-0.25, -0.2) is 0 Å². The molecule has 0 aromatic heterocycles. The molecule has 0 aliphatic carbocycles. The number of aliphatic hydroxyl groups excluding tert-OH is 1. The molecular weight excluding hydrogens is 326 g/mol. The van der Waals surface area contributed by atoms with E-state index in [1.165, 1.54) is 0 Å². The summed E-state index contributed by atoms with van der Waals surface area (Å²) in [6.45, 7) is 0.331. The van der Waals surface area contributed by atoms with Crippen LogP contribution in [0.3, 0.4) is 0 Å². The van der Waals surface area contributed by atoms with Crippen LogP contribution in [0, 0.1) is 0 Å². The van der Waals surface area contributed by atoms with E-state index in [-0.39, 0.29) is 5.92 Å². The molecule has 4 heteroatoms. The van der Waals surface area contributed by atoms with Crippen molar-refractivity contribution in [3.8, 4) is 0 Å². The van der Waals surface area contributed by atoms with Crippen molar-refractivity contribution in [1.82, 2.24) is 0 Å². The molecule has 0 heterocycles. The van der Waals surface area contributed by atoms with Gasteiger partial charge >= 0.3 is 0 Å². The first-order valence-corrected chi connectivity index (χ1v) is 7.18. The molecule has 100 valence electrons. The summed E-state index contributed by atoms with van der Waals surface area (Å²) >= 11 is 9.59. The highest BCUT2D eigenvalue weighted by atomic mass is 79.9. The molecule has 3 N–H and O–H groups in total. The van der Waals surface area contributed by atoms with Gasteiger partial charge in [0, 0.05) is 22.0 Å². The third kappa shape index (κ3) is 3.37. The second kappa shape index (κ2) is 6.53. The van der Waals surface area contributed by atoms with Gasteiger partial charge in [-0.1, -0.05) is 57.9 Å². The monoisotopic (exact) mass is 339 g/mol. The summed E-state index contributed by atoms with van der Waals surface area (Å²) in [5.41, 5.74) is 7.52. The van der Waals surface area contributed by atoms with Gasteiger partial charge in [0.2, 0.25) is 0 Å². The zero-order chi connectivity index (χ0) is 13.8. The molecule has 2 unspecified atom stereocenters. The van der Waals surface area contributed by atoms with E-state index in [9.17, 15) is 5.11 Å². The standard InChI is InChI=1S/C15H15BrClNO/c16-11-5-3-4-10(8-11)15(19)13(9-18)12-6-1-2-7-14(12)17/h1-8,13,15,19H,9,18H2. The maximum atomic E-state index is 10.5. The summed E-state index contributed by atoms with van der Waals surface area (Å²) < 4.78 is 0.930. The smallest absolute Gasteiger partial charge is 0.0871 e. The second-order valence-corrected chi connectivity index (χ2v) is 5.69. The van der Waals surface area contributed by atoms with Gasteiger partial charge in [-0.2, -0.15) is 0 Å². The quantitative estimate of drug-likeness (QED) is 0.887. The molecule has 0 saturated carbocycles. The molecule has 2 atom stereocenters. The van der Waals surface area contributed by atoms with Gasteiger partial charge in [0.05, 0.1) is 6.10 Å². The average molecular weight is 341 g/mol. The van der Waals surface area contributed by atoms with E-state index in [1.54, 1.807) is 0 Å². The number of nitrogens with two attached hydrogens (primary N) is 1. The molecule has 0 aliphatic rings. The zero-order valence-electron chi connectivity index (χ0n) is 10.3. The Bertz CT molecular complexity index is 561. The highest BCUT2D eigenvalue weighted by Crippen LogP contribution is 2.34. The van der Waals surface area contributed by atoms with E-state index in [0.29, 0.717) is 11.6 Å². The fourth-order valence-electron chi connectivity index (χ4n) is 2.12. The van der Waals surface area contributed by atoms with Crippen molar-refractivity contribution in [2.75, 3.05) is 6.54 Å². The molecule has 0 radical (unpaired) electrons. The molecule has 0 spiro atoms. The summed E-state index contributed by atoms with van der Waals surface area (Å²) in [4.78, 5) is 0. The fraction of sp³-hybridized carbons (Fsp3) is 0.200. The van der Waals surface area contributed by atoms with Gasteiger partial charge in [-0.3, -0.25) is 0 Å². The van der Waals surface area contributed by atoms with Crippen molar-refractivity contribution in [3.05, 3.63) is 69.2 Å². The first kappa shape index (κ1) is 14.5. The lowest BCUT2D eigenvalue weighted by Gasteiger charge is -2.23. The van der Waals surface area contributed by atoms with Crippen LogP contribution in [0.5, 0.6) is 0 Å².